The first-order valence-electron chi connectivity index (χ1n) is 15.4. The zero-order valence-electron chi connectivity index (χ0n) is 25.1. The number of aryl methyl sites for hydroxylation is 2. The van der Waals surface area contributed by atoms with Gasteiger partial charge in [-0.05, 0) is 92.5 Å². The van der Waals surface area contributed by atoms with E-state index in [1.165, 1.54) is 11.1 Å². The molecule has 0 radical (unpaired) electrons. The number of hydrogen-bond donors (Lipinski definition) is 1. The first-order valence-corrected chi connectivity index (χ1v) is 15.4. The Bertz CT molecular complexity index is 1330. The van der Waals surface area contributed by atoms with Gasteiger partial charge in [-0.15, -0.1) is 0 Å². The average Bonchev–Trinajstić information content (AvgIpc) is 3.03. The fourth-order valence-corrected chi connectivity index (χ4v) is 5.38. The third-order valence-corrected chi connectivity index (χ3v) is 7.84. The molecule has 0 aliphatic heterocycles. The molecule has 222 valence electrons. The minimum atomic E-state index is -0.940. The Morgan fingerprint density at radius 1 is 0.905 bits per heavy atom. The minimum absolute atomic E-state index is 0.258. The Kier molecular flexibility index (Phi) is 11.9. The number of benzene rings is 2. The number of nitrogens with one attached hydrogen (secondary N) is 1. The van der Waals surface area contributed by atoms with E-state index >= 15 is 0 Å². The highest BCUT2D eigenvalue weighted by Crippen LogP contribution is 2.30. The fraction of sp³-hybridized carbons (Fsp3) is 0.417. The second-order valence-corrected chi connectivity index (χ2v) is 11.0. The molecule has 1 saturated carbocycles. The molecular formula is C36H44N2O4. The predicted octanol–water partition coefficient (Wildman–Crippen LogP) is 7.35. The molecule has 1 amide bonds. The van der Waals surface area contributed by atoms with Gasteiger partial charge < -0.3 is 14.8 Å². The summed E-state index contributed by atoms with van der Waals surface area (Å²) in [6, 6.07) is 22.2. The van der Waals surface area contributed by atoms with E-state index in [1.807, 2.05) is 48.6 Å². The Hall–Kier alpha value is -3.77. The van der Waals surface area contributed by atoms with Gasteiger partial charge in [0.15, 0.2) is 0 Å². The van der Waals surface area contributed by atoms with Gasteiger partial charge in [0.1, 0.15) is 5.54 Å². The summed E-state index contributed by atoms with van der Waals surface area (Å²) in [4.78, 5) is 30.7. The van der Waals surface area contributed by atoms with Crippen molar-refractivity contribution < 1.29 is 19.1 Å². The molecule has 1 aliphatic rings. The quantitative estimate of drug-likeness (QED) is 0.163. The van der Waals surface area contributed by atoms with Crippen LogP contribution in [0.25, 0.3) is 12.2 Å². The number of unbranched alkanes of at least 4 members (excludes halogenated alkanes) is 1. The second-order valence-electron chi connectivity index (χ2n) is 11.0. The maximum Gasteiger partial charge on any atom is 0.331 e. The highest BCUT2D eigenvalue weighted by Gasteiger charge is 2.42. The monoisotopic (exact) mass is 568 g/mol. The lowest BCUT2D eigenvalue weighted by Crippen LogP contribution is -2.56. The standard InChI is InChI=1S/C36H44N2O4/c1-3-28-17-19-29(20-18-28)12-6-9-25-41-27-33-16-11-15-32(37-33)22-21-30-13-10-14-31(26-30)34(39)38-36(35(40)42-4-2)23-7-5-8-24-36/h10-11,13-22,26H,3-9,12,23-25,27H2,1-2H3,(H,38,39)/b22-21+. The summed E-state index contributed by atoms with van der Waals surface area (Å²) >= 11 is 0. The molecule has 1 heterocycles. The summed E-state index contributed by atoms with van der Waals surface area (Å²) in [5, 5.41) is 3.02. The summed E-state index contributed by atoms with van der Waals surface area (Å²) in [5.74, 6) is -0.589. The number of ether oxygens (including phenoxy) is 2. The molecule has 0 saturated heterocycles. The number of pyridine rings is 1. The molecule has 2 aromatic carbocycles. The molecule has 3 aromatic rings. The van der Waals surface area contributed by atoms with Crippen LogP contribution in [0.4, 0.5) is 0 Å². The van der Waals surface area contributed by atoms with Crippen molar-refractivity contribution in [3.05, 3.63) is 100 Å². The van der Waals surface area contributed by atoms with Crippen LogP contribution in [-0.2, 0) is 33.7 Å². The highest BCUT2D eigenvalue weighted by molar-refractivity contribution is 5.98. The van der Waals surface area contributed by atoms with Gasteiger partial charge >= 0.3 is 5.97 Å². The molecule has 1 aliphatic carbocycles. The van der Waals surface area contributed by atoms with Crippen LogP contribution in [0.5, 0.6) is 0 Å². The first kappa shape index (κ1) is 31.2. The van der Waals surface area contributed by atoms with Crippen LogP contribution < -0.4 is 5.32 Å². The maximum atomic E-state index is 13.2. The molecule has 4 rings (SSSR count). The van der Waals surface area contributed by atoms with Crippen LogP contribution in [0, 0.1) is 0 Å². The Labute approximate surface area is 250 Å². The van der Waals surface area contributed by atoms with Crippen molar-refractivity contribution in [1.82, 2.24) is 10.3 Å². The number of aromatic nitrogens is 1. The van der Waals surface area contributed by atoms with Crippen molar-refractivity contribution >= 4 is 24.0 Å². The summed E-state index contributed by atoms with van der Waals surface area (Å²) < 4.78 is 11.2. The van der Waals surface area contributed by atoms with Crippen molar-refractivity contribution in [3.8, 4) is 0 Å². The van der Waals surface area contributed by atoms with E-state index in [4.69, 9.17) is 14.5 Å². The van der Waals surface area contributed by atoms with Gasteiger partial charge in [0.2, 0.25) is 0 Å². The number of rotatable bonds is 14. The van der Waals surface area contributed by atoms with E-state index in [0.717, 1.165) is 61.9 Å². The molecule has 6 heteroatoms. The van der Waals surface area contributed by atoms with Gasteiger partial charge in [-0.25, -0.2) is 4.79 Å². The zero-order chi connectivity index (χ0) is 29.6. The zero-order valence-corrected chi connectivity index (χ0v) is 25.1. The molecule has 1 aromatic heterocycles. The van der Waals surface area contributed by atoms with Crippen LogP contribution in [0.2, 0.25) is 0 Å². The smallest absolute Gasteiger partial charge is 0.331 e. The van der Waals surface area contributed by atoms with Gasteiger partial charge in [-0.2, -0.15) is 0 Å². The fourth-order valence-electron chi connectivity index (χ4n) is 5.38. The molecule has 0 unspecified atom stereocenters. The largest absolute Gasteiger partial charge is 0.464 e. The predicted molar refractivity (Wildman–Crippen MR) is 168 cm³/mol. The van der Waals surface area contributed by atoms with E-state index in [1.54, 1.807) is 13.0 Å². The van der Waals surface area contributed by atoms with Crippen molar-refractivity contribution in [3.63, 3.8) is 0 Å². The number of carbonyl (C=O) groups is 2. The minimum Gasteiger partial charge on any atom is -0.464 e. The van der Waals surface area contributed by atoms with Crippen molar-refractivity contribution in [2.45, 2.75) is 83.8 Å². The molecule has 6 nitrogen and oxygen atoms in total. The van der Waals surface area contributed by atoms with E-state index in [2.05, 4.69) is 36.5 Å². The van der Waals surface area contributed by atoms with Gasteiger partial charge in [-0.3, -0.25) is 9.78 Å². The maximum absolute atomic E-state index is 13.2. The van der Waals surface area contributed by atoms with Gasteiger partial charge in [-0.1, -0.05) is 74.7 Å². The van der Waals surface area contributed by atoms with Crippen LogP contribution in [0.3, 0.4) is 0 Å². The second kappa shape index (κ2) is 16.0. The molecular weight excluding hydrogens is 524 g/mol. The lowest BCUT2D eigenvalue weighted by atomic mass is 9.81. The van der Waals surface area contributed by atoms with Crippen molar-refractivity contribution in [2.75, 3.05) is 13.2 Å². The molecule has 1 fully saturated rings. The van der Waals surface area contributed by atoms with Crippen LogP contribution >= 0.6 is 0 Å². The van der Waals surface area contributed by atoms with Crippen molar-refractivity contribution in [1.29, 1.82) is 0 Å². The first-order chi connectivity index (χ1) is 20.5. The normalized spacial score (nSPS) is 14.5. The lowest BCUT2D eigenvalue weighted by Gasteiger charge is -2.35. The summed E-state index contributed by atoms with van der Waals surface area (Å²) in [6.45, 7) is 5.45. The summed E-state index contributed by atoms with van der Waals surface area (Å²) in [7, 11) is 0. The number of esters is 1. The van der Waals surface area contributed by atoms with E-state index < -0.39 is 5.54 Å². The number of amides is 1. The number of nitrogens with zero attached hydrogens (tertiary/aromatic N) is 1. The molecule has 0 spiro atoms. The van der Waals surface area contributed by atoms with Crippen molar-refractivity contribution in [2.24, 2.45) is 0 Å². The third kappa shape index (κ3) is 9.12. The van der Waals surface area contributed by atoms with Crippen LogP contribution in [0.1, 0.15) is 97.2 Å². The third-order valence-electron chi connectivity index (χ3n) is 7.84. The Morgan fingerprint density at radius 3 is 2.43 bits per heavy atom. The van der Waals surface area contributed by atoms with Gasteiger partial charge in [0.05, 0.1) is 24.6 Å². The molecule has 0 bridgehead atoms. The average molecular weight is 569 g/mol. The van der Waals surface area contributed by atoms with E-state index in [0.29, 0.717) is 38.2 Å². The van der Waals surface area contributed by atoms with Gasteiger partial charge in [0, 0.05) is 12.2 Å². The summed E-state index contributed by atoms with van der Waals surface area (Å²) in [6.07, 6.45) is 12.2. The lowest BCUT2D eigenvalue weighted by molar-refractivity contribution is -0.152. The molecule has 1 N–H and O–H groups in total. The topological polar surface area (TPSA) is 77.5 Å². The van der Waals surface area contributed by atoms with Gasteiger partial charge in [0.25, 0.3) is 5.91 Å². The van der Waals surface area contributed by atoms with E-state index in [-0.39, 0.29) is 11.9 Å². The Morgan fingerprint density at radius 2 is 1.67 bits per heavy atom. The molecule has 0 atom stereocenters. The van der Waals surface area contributed by atoms with Crippen LogP contribution in [0.15, 0.2) is 66.7 Å². The highest BCUT2D eigenvalue weighted by atomic mass is 16.5. The van der Waals surface area contributed by atoms with E-state index in [9.17, 15) is 9.59 Å². The summed E-state index contributed by atoms with van der Waals surface area (Å²) in [5.41, 5.74) is 4.92. The van der Waals surface area contributed by atoms with Crippen LogP contribution in [-0.4, -0.2) is 35.6 Å². The molecule has 42 heavy (non-hydrogen) atoms. The number of hydrogen-bond acceptors (Lipinski definition) is 5. The SMILES string of the molecule is CCOC(=O)C1(NC(=O)c2cccc(/C=C/c3cccc(COCCCCc4ccc(CC)cc4)n3)c2)CCCCC1. The Balaban J connectivity index is 1.27. The number of carbonyl (C=O) groups excluding carboxylic acids is 2.